The van der Waals surface area contributed by atoms with E-state index in [9.17, 15) is 34.8 Å². The number of rotatable bonds is 3. The Hall–Kier alpha value is -1.61. The molecule has 0 bridgehead atoms. The lowest BCUT2D eigenvalue weighted by atomic mass is 9.33. The van der Waals surface area contributed by atoms with Crippen molar-refractivity contribution in [2.75, 3.05) is 0 Å². The first kappa shape index (κ1) is 32.3. The van der Waals surface area contributed by atoms with Crippen molar-refractivity contribution in [3.8, 4) is 0 Å². The summed E-state index contributed by atoms with van der Waals surface area (Å²) in [6.45, 7) is 16.1. The Bertz CT molecular complexity index is 1270. The molecule has 8 nitrogen and oxygen atoms in total. The molecule has 0 amide bonds. The van der Waals surface area contributed by atoms with Crippen LogP contribution in [0.3, 0.4) is 0 Å². The van der Waals surface area contributed by atoms with Crippen molar-refractivity contribution in [1.82, 2.24) is 0 Å². The fraction of sp³-hybridized carbons (Fsp3) is 0.861. The number of carbonyl (C=O) groups is 3. The van der Waals surface area contributed by atoms with Gasteiger partial charge in [0.25, 0.3) is 0 Å². The van der Waals surface area contributed by atoms with Gasteiger partial charge in [0.15, 0.2) is 11.9 Å². The van der Waals surface area contributed by atoms with Crippen LogP contribution in [0.4, 0.5) is 0 Å². The molecule has 0 spiro atoms. The van der Waals surface area contributed by atoms with E-state index in [-0.39, 0.29) is 39.3 Å². The molecule has 0 radical (unpaired) electrons. The zero-order chi connectivity index (χ0) is 32.4. The number of fused-ring (bicyclic) bond motifs is 7. The van der Waals surface area contributed by atoms with Crippen LogP contribution in [0.2, 0.25) is 0 Å². The number of carbonyl (C=O) groups excluding carboxylic acids is 2. The molecule has 0 aromatic carbocycles. The van der Waals surface area contributed by atoms with Crippen molar-refractivity contribution in [2.45, 2.75) is 137 Å². The van der Waals surface area contributed by atoms with Crippen molar-refractivity contribution >= 4 is 17.5 Å². The number of carboxylic acids is 1. The first-order chi connectivity index (χ1) is 20.4. The van der Waals surface area contributed by atoms with Gasteiger partial charge in [-0.1, -0.05) is 60.1 Å². The van der Waals surface area contributed by atoms with E-state index >= 15 is 0 Å². The number of Topliss-reactive ketones (excluding diaryl/α,β-unsaturated/α-hetero) is 2. The van der Waals surface area contributed by atoms with Crippen molar-refractivity contribution in [2.24, 2.45) is 56.7 Å². The summed E-state index contributed by atoms with van der Waals surface area (Å²) >= 11 is 0. The van der Waals surface area contributed by atoms with Crippen molar-refractivity contribution in [1.29, 1.82) is 0 Å². The molecule has 4 N–H and O–H groups in total. The Balaban J connectivity index is 1.42. The third-order valence-electron chi connectivity index (χ3n) is 15.3. The van der Waals surface area contributed by atoms with E-state index < -0.39 is 41.9 Å². The highest BCUT2D eigenvalue weighted by molar-refractivity contribution is 5.91. The first-order valence-electron chi connectivity index (χ1n) is 17.1. The highest BCUT2D eigenvalue weighted by Gasteiger charge is 2.70. The summed E-state index contributed by atoms with van der Waals surface area (Å²) in [6, 6.07) is 0. The number of ether oxygens (including phenoxy) is 1. The van der Waals surface area contributed by atoms with Crippen molar-refractivity contribution in [3.63, 3.8) is 0 Å². The number of hydrogen-bond acceptors (Lipinski definition) is 7. The summed E-state index contributed by atoms with van der Waals surface area (Å²) in [5.41, 5.74) is 0.0488. The van der Waals surface area contributed by atoms with Gasteiger partial charge in [0.05, 0.1) is 0 Å². The van der Waals surface area contributed by atoms with E-state index in [1.807, 2.05) is 0 Å². The predicted molar refractivity (Wildman–Crippen MR) is 163 cm³/mol. The zero-order valence-corrected chi connectivity index (χ0v) is 27.6. The molecule has 1 saturated heterocycles. The van der Waals surface area contributed by atoms with Gasteiger partial charge >= 0.3 is 5.97 Å². The number of ketones is 2. The lowest BCUT2D eigenvalue weighted by Gasteiger charge is -2.71. The molecule has 0 aromatic rings. The quantitative estimate of drug-likeness (QED) is 0.335. The molecule has 14 atom stereocenters. The highest BCUT2D eigenvalue weighted by Crippen LogP contribution is 2.75. The number of aliphatic hydroxyl groups is 3. The van der Waals surface area contributed by atoms with Gasteiger partial charge in [-0.25, -0.2) is 4.79 Å². The molecule has 6 rings (SSSR count). The van der Waals surface area contributed by atoms with Crippen LogP contribution in [-0.2, 0) is 19.1 Å². The molecule has 1 aliphatic heterocycles. The van der Waals surface area contributed by atoms with Gasteiger partial charge in [-0.05, 0) is 97.2 Å². The average molecular weight is 615 g/mol. The molecule has 246 valence electrons. The fourth-order valence-electron chi connectivity index (χ4n) is 12.3. The number of aliphatic carboxylic acids is 1. The Labute approximate surface area is 262 Å². The molecule has 5 fully saturated rings. The van der Waals surface area contributed by atoms with E-state index in [1.54, 1.807) is 0 Å². The van der Waals surface area contributed by atoms with Crippen LogP contribution >= 0.6 is 0 Å². The van der Waals surface area contributed by atoms with Gasteiger partial charge in [-0.3, -0.25) is 9.59 Å². The summed E-state index contributed by atoms with van der Waals surface area (Å²) in [5, 5.41) is 41.6. The Morgan fingerprint density at radius 1 is 0.841 bits per heavy atom. The molecule has 5 aliphatic carbocycles. The molecule has 6 aliphatic rings. The molecule has 44 heavy (non-hydrogen) atoms. The highest BCUT2D eigenvalue weighted by atomic mass is 16.6. The van der Waals surface area contributed by atoms with Gasteiger partial charge in [0.2, 0.25) is 0 Å². The van der Waals surface area contributed by atoms with Gasteiger partial charge in [-0.15, -0.1) is 0 Å². The van der Waals surface area contributed by atoms with Crippen molar-refractivity contribution < 1.29 is 39.5 Å². The Kier molecular flexibility index (Phi) is 7.49. The molecular formula is C36H54O8. The minimum absolute atomic E-state index is 0.00995. The minimum Gasteiger partial charge on any atom is -0.479 e. The summed E-state index contributed by atoms with van der Waals surface area (Å²) in [5.74, 6) is -0.165. The topological polar surface area (TPSA) is 141 Å². The lowest BCUT2D eigenvalue weighted by molar-refractivity contribution is -0.231. The zero-order valence-electron chi connectivity index (χ0n) is 27.6. The normalized spacial score (nSPS) is 53.3. The first-order valence-corrected chi connectivity index (χ1v) is 17.1. The predicted octanol–water partition coefficient (Wildman–Crippen LogP) is 4.72. The summed E-state index contributed by atoms with van der Waals surface area (Å²) in [7, 11) is 0. The summed E-state index contributed by atoms with van der Waals surface area (Å²) in [6.07, 6.45) is 1.20. The van der Waals surface area contributed by atoms with E-state index in [4.69, 9.17) is 4.74 Å². The molecule has 8 heteroatoms. The monoisotopic (exact) mass is 614 g/mol. The third-order valence-corrected chi connectivity index (χ3v) is 15.3. The van der Waals surface area contributed by atoms with Crippen LogP contribution < -0.4 is 0 Å². The van der Waals surface area contributed by atoms with E-state index in [2.05, 4.69) is 54.5 Å². The maximum Gasteiger partial charge on any atom is 0.335 e. The number of aliphatic hydroxyl groups excluding tert-OH is 3. The van der Waals surface area contributed by atoms with Crippen LogP contribution in [0.15, 0.2) is 11.6 Å². The second-order valence-electron chi connectivity index (χ2n) is 17.1. The molecule has 4 saturated carbocycles. The second-order valence-corrected chi connectivity index (χ2v) is 17.1. The summed E-state index contributed by atoms with van der Waals surface area (Å²) < 4.78 is 5.68. The van der Waals surface area contributed by atoms with E-state index in [0.29, 0.717) is 42.8 Å². The maximum atomic E-state index is 14.7. The number of hydrogen-bond donors (Lipinski definition) is 4. The lowest BCUT2D eigenvalue weighted by Crippen LogP contribution is -2.67. The molecule has 6 unspecified atom stereocenters. The van der Waals surface area contributed by atoms with Crippen LogP contribution in [0, 0.1) is 56.7 Å². The van der Waals surface area contributed by atoms with Gasteiger partial charge in [0, 0.05) is 17.3 Å². The summed E-state index contributed by atoms with van der Waals surface area (Å²) in [4.78, 5) is 39.7. The Morgan fingerprint density at radius 2 is 1.50 bits per heavy atom. The van der Waals surface area contributed by atoms with E-state index in [0.717, 1.165) is 38.5 Å². The molecular weight excluding hydrogens is 560 g/mol. The maximum absolute atomic E-state index is 14.7. The van der Waals surface area contributed by atoms with Crippen LogP contribution in [-0.4, -0.2) is 68.5 Å². The van der Waals surface area contributed by atoms with Crippen LogP contribution in [0.5, 0.6) is 0 Å². The SMILES string of the molecule is C[C@@H]1CC[C@]2(C(=O)[C@@H]3OC(C(=O)O)[C@@H](O)C(O)C3O)CC[C@]3(C)C(=CCC4[C@@]5(C)CCC(=O)C(C)(C)C5CC[C@]43C)C2[C@H]1C. The van der Waals surface area contributed by atoms with Crippen LogP contribution in [0.1, 0.15) is 106 Å². The van der Waals surface area contributed by atoms with Gasteiger partial charge in [-0.2, -0.15) is 0 Å². The van der Waals surface area contributed by atoms with Gasteiger partial charge < -0.3 is 25.2 Å². The third kappa shape index (κ3) is 3.99. The number of carboxylic acid groups (broad SMARTS) is 1. The van der Waals surface area contributed by atoms with Gasteiger partial charge in [0.1, 0.15) is 30.2 Å². The molecule has 1 heterocycles. The van der Waals surface area contributed by atoms with Crippen LogP contribution in [0.25, 0.3) is 0 Å². The number of allylic oxidation sites excluding steroid dienone is 2. The Morgan fingerprint density at radius 3 is 2.16 bits per heavy atom. The minimum atomic E-state index is -1.82. The fourth-order valence-corrected chi connectivity index (χ4v) is 12.3. The molecule has 0 aromatic heterocycles. The van der Waals surface area contributed by atoms with Crippen molar-refractivity contribution in [3.05, 3.63) is 11.6 Å². The largest absolute Gasteiger partial charge is 0.479 e. The average Bonchev–Trinajstić information content (AvgIpc) is 2.96. The van der Waals surface area contributed by atoms with E-state index in [1.165, 1.54) is 5.57 Å². The second kappa shape index (κ2) is 10.2. The smallest absolute Gasteiger partial charge is 0.335 e. The standard InChI is InChI=1S/C36H54O8/c1-18-10-15-36(30(41)28-26(39)25(38)27(40)29(44-28)31(42)43)17-16-34(6)20(24(36)19(18)2)8-9-22-33(5)13-12-23(37)32(3,4)21(33)11-14-35(22,34)7/h8,18-19,21-22,24-29,38-40H,9-17H2,1-7H3,(H,42,43)/t18-,19+,21?,22?,24?,25?,26?,27+,28-,29?,33+,34-,35-,36+/m1/s1.